The van der Waals surface area contributed by atoms with Gasteiger partial charge in [-0.25, -0.2) is 4.98 Å². The quantitative estimate of drug-likeness (QED) is 0.318. The Morgan fingerprint density at radius 2 is 1.65 bits per heavy atom. The maximum absolute atomic E-state index is 13.3. The van der Waals surface area contributed by atoms with E-state index in [0.717, 1.165) is 43.1 Å². The van der Waals surface area contributed by atoms with Crippen molar-refractivity contribution in [1.29, 1.82) is 0 Å². The second-order valence-electron chi connectivity index (χ2n) is 10.4. The first kappa shape index (κ1) is 27.9. The molecule has 1 unspecified atom stereocenters. The van der Waals surface area contributed by atoms with Crippen LogP contribution in [0, 0.1) is 20.8 Å². The average Bonchev–Trinajstić information content (AvgIpc) is 3.31. The van der Waals surface area contributed by atoms with Gasteiger partial charge in [0, 0.05) is 61.2 Å². The minimum absolute atomic E-state index is 0.157. The first-order valence-electron chi connectivity index (χ1n) is 13.7. The summed E-state index contributed by atoms with van der Waals surface area (Å²) in [4.78, 5) is 22.7. The molecule has 0 spiro atoms. The molecule has 0 radical (unpaired) electrons. The predicted molar refractivity (Wildman–Crippen MR) is 162 cm³/mol. The molecule has 5 rings (SSSR count). The fourth-order valence-corrected chi connectivity index (χ4v) is 5.44. The molecule has 4 aromatic rings. The zero-order valence-corrected chi connectivity index (χ0v) is 24.0. The molecule has 1 atom stereocenters. The monoisotopic (exact) mass is 557 g/mol. The van der Waals surface area contributed by atoms with Gasteiger partial charge in [0.25, 0.3) is 5.91 Å². The van der Waals surface area contributed by atoms with Crippen molar-refractivity contribution in [3.8, 4) is 17.1 Å². The van der Waals surface area contributed by atoms with Gasteiger partial charge in [-0.1, -0.05) is 54.1 Å². The number of rotatable bonds is 8. The van der Waals surface area contributed by atoms with Crippen LogP contribution in [-0.4, -0.2) is 70.8 Å². The molecular formula is C32H36ClN5O2. The molecule has 0 aliphatic carbocycles. The van der Waals surface area contributed by atoms with Crippen molar-refractivity contribution < 1.29 is 9.90 Å². The van der Waals surface area contributed by atoms with Crippen LogP contribution < -0.4 is 10.2 Å². The summed E-state index contributed by atoms with van der Waals surface area (Å²) in [6, 6.07) is 23.7. The molecule has 2 N–H and O–H groups in total. The maximum Gasteiger partial charge on any atom is 0.271 e. The standard InChI is InChI=1S/C32H36ClN5O2/c1-22-8-7-11-29(23(22)2)37-18-16-36(17-19-37)21-28(39)20-34-32(40)30-24(3)38(27-14-12-26(33)13-15-27)31(35-30)25-9-5-4-6-10-25/h4-15,28,39H,16-21H2,1-3H3,(H,34,40). The zero-order valence-electron chi connectivity index (χ0n) is 23.3. The fourth-order valence-electron chi connectivity index (χ4n) is 5.31. The van der Waals surface area contributed by atoms with Crippen LogP contribution in [-0.2, 0) is 0 Å². The first-order chi connectivity index (χ1) is 19.3. The van der Waals surface area contributed by atoms with Gasteiger partial charge in [-0.2, -0.15) is 0 Å². The van der Waals surface area contributed by atoms with Gasteiger partial charge in [0.15, 0.2) is 0 Å². The van der Waals surface area contributed by atoms with Crippen molar-refractivity contribution >= 4 is 23.2 Å². The van der Waals surface area contributed by atoms with E-state index in [1.807, 2.05) is 66.1 Å². The highest BCUT2D eigenvalue weighted by molar-refractivity contribution is 6.30. The van der Waals surface area contributed by atoms with Crippen LogP contribution in [0.2, 0.25) is 5.02 Å². The lowest BCUT2D eigenvalue weighted by Crippen LogP contribution is -2.50. The third kappa shape index (κ3) is 6.07. The molecular weight excluding hydrogens is 522 g/mol. The normalized spacial score (nSPS) is 14.8. The lowest BCUT2D eigenvalue weighted by molar-refractivity contribution is 0.0847. The van der Waals surface area contributed by atoms with E-state index in [1.165, 1.54) is 16.8 Å². The number of amides is 1. The Balaban J connectivity index is 1.22. The smallest absolute Gasteiger partial charge is 0.271 e. The lowest BCUT2D eigenvalue weighted by atomic mass is 10.1. The number of aliphatic hydroxyl groups excluding tert-OH is 1. The van der Waals surface area contributed by atoms with E-state index in [-0.39, 0.29) is 12.5 Å². The Bertz CT molecular complexity index is 1460. The summed E-state index contributed by atoms with van der Waals surface area (Å²) in [5, 5.41) is 14.3. The topological polar surface area (TPSA) is 73.6 Å². The highest BCUT2D eigenvalue weighted by atomic mass is 35.5. The van der Waals surface area contributed by atoms with Crippen LogP contribution in [0.1, 0.15) is 27.3 Å². The number of aromatic nitrogens is 2. The zero-order chi connectivity index (χ0) is 28.2. The van der Waals surface area contributed by atoms with E-state index in [9.17, 15) is 9.90 Å². The number of nitrogens with zero attached hydrogens (tertiary/aromatic N) is 4. The minimum Gasteiger partial charge on any atom is -0.390 e. The number of halogens is 1. The van der Waals surface area contributed by atoms with E-state index in [4.69, 9.17) is 16.6 Å². The Hall–Kier alpha value is -3.65. The predicted octanol–water partition coefficient (Wildman–Crippen LogP) is 5.03. The summed E-state index contributed by atoms with van der Waals surface area (Å²) in [7, 11) is 0. The Kier molecular flexibility index (Phi) is 8.54. The van der Waals surface area contributed by atoms with Crippen molar-refractivity contribution in [2.24, 2.45) is 0 Å². The number of β-amino-alcohol motifs (C(OH)–C–C–N with tert-alkyl or cyclic N) is 1. The van der Waals surface area contributed by atoms with Crippen molar-refractivity contribution in [3.63, 3.8) is 0 Å². The van der Waals surface area contributed by atoms with Gasteiger partial charge in [-0.05, 0) is 62.2 Å². The van der Waals surface area contributed by atoms with Gasteiger partial charge in [0.1, 0.15) is 11.5 Å². The van der Waals surface area contributed by atoms with Crippen LogP contribution in [0.4, 0.5) is 5.69 Å². The molecule has 1 aromatic heterocycles. The third-order valence-corrected chi connectivity index (χ3v) is 7.95. The number of aliphatic hydroxyl groups is 1. The van der Waals surface area contributed by atoms with E-state index >= 15 is 0 Å². The molecule has 0 saturated carbocycles. The molecule has 208 valence electrons. The molecule has 1 amide bonds. The number of piperazine rings is 1. The van der Waals surface area contributed by atoms with Gasteiger partial charge < -0.3 is 15.3 Å². The van der Waals surface area contributed by atoms with Gasteiger partial charge in [-0.15, -0.1) is 0 Å². The van der Waals surface area contributed by atoms with Crippen LogP contribution in [0.3, 0.4) is 0 Å². The second-order valence-corrected chi connectivity index (χ2v) is 10.9. The SMILES string of the molecule is Cc1cccc(N2CCN(CC(O)CNC(=O)c3nc(-c4ccccc4)n(-c4ccc(Cl)cc4)c3C)CC2)c1C. The number of imidazole rings is 1. The number of hydrogen-bond donors (Lipinski definition) is 2. The highest BCUT2D eigenvalue weighted by Gasteiger charge is 2.24. The molecule has 1 fully saturated rings. The number of hydrogen-bond acceptors (Lipinski definition) is 5. The van der Waals surface area contributed by atoms with E-state index in [0.29, 0.717) is 23.1 Å². The van der Waals surface area contributed by atoms with Crippen LogP contribution in [0.5, 0.6) is 0 Å². The van der Waals surface area contributed by atoms with Crippen LogP contribution >= 0.6 is 11.6 Å². The highest BCUT2D eigenvalue weighted by Crippen LogP contribution is 2.27. The van der Waals surface area contributed by atoms with Crippen molar-refractivity contribution in [2.45, 2.75) is 26.9 Å². The van der Waals surface area contributed by atoms with Crippen molar-refractivity contribution in [1.82, 2.24) is 19.8 Å². The van der Waals surface area contributed by atoms with E-state index in [1.54, 1.807) is 0 Å². The second kappa shape index (κ2) is 12.3. The summed E-state index contributed by atoms with van der Waals surface area (Å²) in [5.74, 6) is 0.369. The van der Waals surface area contributed by atoms with E-state index in [2.05, 4.69) is 47.2 Å². The summed E-state index contributed by atoms with van der Waals surface area (Å²) in [5.41, 5.74) is 6.74. The van der Waals surface area contributed by atoms with Crippen molar-refractivity contribution in [3.05, 3.63) is 100 Å². The lowest BCUT2D eigenvalue weighted by Gasteiger charge is -2.37. The Morgan fingerprint density at radius 1 is 0.950 bits per heavy atom. The number of anilines is 1. The Morgan fingerprint density at radius 3 is 2.35 bits per heavy atom. The summed E-state index contributed by atoms with van der Waals surface area (Å²) in [6.45, 7) is 10.4. The van der Waals surface area contributed by atoms with Crippen LogP contribution in [0.25, 0.3) is 17.1 Å². The molecule has 8 heteroatoms. The average molecular weight is 558 g/mol. The summed E-state index contributed by atoms with van der Waals surface area (Å²) < 4.78 is 1.96. The maximum atomic E-state index is 13.3. The molecule has 1 aliphatic rings. The first-order valence-corrected chi connectivity index (χ1v) is 14.1. The molecule has 1 aliphatic heterocycles. The molecule has 1 saturated heterocycles. The number of carbonyl (C=O) groups excluding carboxylic acids is 1. The number of benzene rings is 3. The summed E-state index contributed by atoms with van der Waals surface area (Å²) >= 11 is 6.12. The van der Waals surface area contributed by atoms with Gasteiger partial charge in [0.05, 0.1) is 11.8 Å². The summed E-state index contributed by atoms with van der Waals surface area (Å²) in [6.07, 6.45) is -0.677. The number of aryl methyl sites for hydroxylation is 1. The van der Waals surface area contributed by atoms with Crippen molar-refractivity contribution in [2.75, 3.05) is 44.2 Å². The molecule has 0 bridgehead atoms. The molecule has 7 nitrogen and oxygen atoms in total. The number of carbonyl (C=O) groups is 1. The Labute approximate surface area is 241 Å². The van der Waals surface area contributed by atoms with E-state index < -0.39 is 6.10 Å². The van der Waals surface area contributed by atoms with Gasteiger partial charge >= 0.3 is 0 Å². The van der Waals surface area contributed by atoms with Gasteiger partial charge in [0.2, 0.25) is 0 Å². The van der Waals surface area contributed by atoms with Gasteiger partial charge in [-0.3, -0.25) is 14.3 Å². The number of nitrogens with one attached hydrogen (secondary N) is 1. The fraction of sp³-hybridized carbons (Fsp3) is 0.312. The molecule has 3 aromatic carbocycles. The van der Waals surface area contributed by atoms with Crippen LogP contribution in [0.15, 0.2) is 72.8 Å². The third-order valence-electron chi connectivity index (χ3n) is 7.70. The largest absolute Gasteiger partial charge is 0.390 e. The molecule has 2 heterocycles. The minimum atomic E-state index is -0.677. The molecule has 40 heavy (non-hydrogen) atoms.